The Morgan fingerprint density at radius 1 is 1.27 bits per heavy atom. The Labute approximate surface area is 146 Å². The maximum atomic E-state index is 12.7. The van der Waals surface area contributed by atoms with Crippen LogP contribution in [-0.2, 0) is 19.2 Å². The summed E-state index contributed by atoms with van der Waals surface area (Å²) >= 11 is 0. The van der Waals surface area contributed by atoms with E-state index >= 15 is 0 Å². The molecule has 0 radical (unpaired) electrons. The average molecular weight is 366 g/mol. The maximum Gasteiger partial charge on any atom is 0.416 e. The Hall–Kier alpha value is -2.68. The zero-order valence-electron chi connectivity index (χ0n) is 14.1. The lowest BCUT2D eigenvalue weighted by molar-refractivity contribution is -0.137. The van der Waals surface area contributed by atoms with Gasteiger partial charge in [0.15, 0.2) is 5.65 Å². The molecule has 2 heterocycles. The standard InChI is InChI=1S/C17H17F3N4O2/c1-3-13-21-15-14(16(26)22-13)12(8-25)23-24(15)9(2)10-4-6-11(7-5-10)17(18,19)20/h4-7,9,25H,3,8H2,1-2H3,(H,21,22,26). The van der Waals surface area contributed by atoms with E-state index in [-0.39, 0.29) is 11.1 Å². The van der Waals surface area contributed by atoms with Crippen molar-refractivity contribution in [3.8, 4) is 0 Å². The summed E-state index contributed by atoms with van der Waals surface area (Å²) < 4.78 is 39.7. The first kappa shape index (κ1) is 18.1. The molecule has 6 nitrogen and oxygen atoms in total. The first-order valence-corrected chi connectivity index (χ1v) is 8.04. The fourth-order valence-corrected chi connectivity index (χ4v) is 2.80. The molecule has 1 aromatic carbocycles. The van der Waals surface area contributed by atoms with Crippen LogP contribution in [0.25, 0.3) is 11.0 Å². The molecule has 1 atom stereocenters. The van der Waals surface area contributed by atoms with Crippen LogP contribution in [0.4, 0.5) is 13.2 Å². The van der Waals surface area contributed by atoms with Crippen LogP contribution in [-0.4, -0.2) is 24.9 Å². The van der Waals surface area contributed by atoms with Crippen molar-refractivity contribution in [1.29, 1.82) is 0 Å². The normalized spacial score (nSPS) is 13.3. The van der Waals surface area contributed by atoms with Crippen LogP contribution in [0, 0.1) is 0 Å². The predicted molar refractivity (Wildman–Crippen MR) is 88.7 cm³/mol. The highest BCUT2D eigenvalue weighted by atomic mass is 19.4. The van der Waals surface area contributed by atoms with Crippen LogP contribution in [0.5, 0.6) is 0 Å². The molecular weight excluding hydrogens is 349 g/mol. The molecule has 0 aliphatic carbocycles. The molecule has 0 aliphatic rings. The number of rotatable bonds is 4. The molecule has 0 spiro atoms. The molecule has 2 N–H and O–H groups in total. The second kappa shape index (κ2) is 6.56. The second-order valence-corrected chi connectivity index (χ2v) is 5.91. The van der Waals surface area contributed by atoms with Gasteiger partial charge in [-0.3, -0.25) is 4.79 Å². The number of aliphatic hydroxyl groups excluding tert-OH is 1. The number of benzene rings is 1. The van der Waals surface area contributed by atoms with Gasteiger partial charge in [-0.1, -0.05) is 19.1 Å². The Morgan fingerprint density at radius 3 is 2.46 bits per heavy atom. The van der Waals surface area contributed by atoms with Crippen molar-refractivity contribution in [2.75, 3.05) is 0 Å². The van der Waals surface area contributed by atoms with Crippen LogP contribution in [0.15, 0.2) is 29.1 Å². The molecule has 0 amide bonds. The summed E-state index contributed by atoms with van der Waals surface area (Å²) in [6, 6.07) is 4.27. The van der Waals surface area contributed by atoms with Gasteiger partial charge >= 0.3 is 6.18 Å². The molecule has 0 saturated heterocycles. The van der Waals surface area contributed by atoms with Crippen molar-refractivity contribution in [1.82, 2.24) is 19.7 Å². The lowest BCUT2D eigenvalue weighted by atomic mass is 10.1. The van der Waals surface area contributed by atoms with Gasteiger partial charge in [-0.25, -0.2) is 9.67 Å². The van der Waals surface area contributed by atoms with E-state index in [2.05, 4.69) is 15.1 Å². The summed E-state index contributed by atoms with van der Waals surface area (Å²) in [6.45, 7) is 3.13. The monoisotopic (exact) mass is 366 g/mol. The Bertz CT molecular complexity index is 990. The van der Waals surface area contributed by atoms with Gasteiger partial charge in [0.2, 0.25) is 0 Å². The van der Waals surface area contributed by atoms with Gasteiger partial charge < -0.3 is 10.1 Å². The lowest BCUT2D eigenvalue weighted by Crippen LogP contribution is -2.14. The molecule has 138 valence electrons. The quantitative estimate of drug-likeness (QED) is 0.744. The molecule has 9 heteroatoms. The highest BCUT2D eigenvalue weighted by molar-refractivity contribution is 5.77. The Kier molecular flexibility index (Phi) is 4.57. The highest BCUT2D eigenvalue weighted by Gasteiger charge is 2.30. The summed E-state index contributed by atoms with van der Waals surface area (Å²) in [7, 11) is 0. The zero-order chi connectivity index (χ0) is 19.1. The van der Waals surface area contributed by atoms with Crippen LogP contribution < -0.4 is 5.56 Å². The molecule has 1 unspecified atom stereocenters. The number of halogens is 3. The number of H-pyrrole nitrogens is 1. The van der Waals surface area contributed by atoms with E-state index in [4.69, 9.17) is 0 Å². The van der Waals surface area contributed by atoms with Gasteiger partial charge in [-0.05, 0) is 24.6 Å². The minimum absolute atomic E-state index is 0.176. The van der Waals surface area contributed by atoms with E-state index in [9.17, 15) is 23.1 Å². The SMILES string of the molecule is CCc1nc2c(c(CO)nn2C(C)c2ccc(C(F)(F)F)cc2)c(=O)[nH]1. The first-order chi connectivity index (χ1) is 12.3. The third-order valence-corrected chi connectivity index (χ3v) is 4.26. The molecule has 0 saturated carbocycles. The molecule has 3 aromatic rings. The number of hydrogen-bond donors (Lipinski definition) is 2. The van der Waals surface area contributed by atoms with E-state index in [1.165, 1.54) is 16.8 Å². The van der Waals surface area contributed by atoms with Crippen LogP contribution >= 0.6 is 0 Å². The van der Waals surface area contributed by atoms with Crippen molar-refractivity contribution in [3.63, 3.8) is 0 Å². The summed E-state index contributed by atoms with van der Waals surface area (Å²) in [5, 5.41) is 13.9. The Morgan fingerprint density at radius 2 is 1.92 bits per heavy atom. The fourth-order valence-electron chi connectivity index (χ4n) is 2.80. The van der Waals surface area contributed by atoms with E-state index in [1.807, 2.05) is 6.92 Å². The van der Waals surface area contributed by atoms with Crippen molar-refractivity contribution < 1.29 is 18.3 Å². The van der Waals surface area contributed by atoms with Gasteiger partial charge in [0.05, 0.1) is 18.2 Å². The topological polar surface area (TPSA) is 83.8 Å². The van der Waals surface area contributed by atoms with Gasteiger partial charge in [0, 0.05) is 6.42 Å². The van der Waals surface area contributed by atoms with E-state index in [0.717, 1.165) is 12.1 Å². The van der Waals surface area contributed by atoms with Gasteiger partial charge in [-0.2, -0.15) is 18.3 Å². The Balaban J connectivity index is 2.12. The summed E-state index contributed by atoms with van der Waals surface area (Å²) in [5.41, 5.74) is -0.0938. The molecule has 2 aromatic heterocycles. The molecule has 0 bridgehead atoms. The maximum absolute atomic E-state index is 12.7. The number of aliphatic hydroxyl groups is 1. The molecule has 26 heavy (non-hydrogen) atoms. The number of hydrogen-bond acceptors (Lipinski definition) is 4. The summed E-state index contributed by atoms with van der Waals surface area (Å²) in [6.07, 6.45) is -3.91. The van der Waals surface area contributed by atoms with Crippen molar-refractivity contribution >= 4 is 11.0 Å². The van der Waals surface area contributed by atoms with Crippen LogP contribution in [0.2, 0.25) is 0 Å². The molecule has 3 rings (SSSR count). The minimum atomic E-state index is -4.41. The number of aromatic nitrogens is 4. The largest absolute Gasteiger partial charge is 0.416 e. The number of aromatic amines is 1. The van der Waals surface area contributed by atoms with E-state index < -0.39 is 29.9 Å². The van der Waals surface area contributed by atoms with Crippen molar-refractivity contribution in [2.24, 2.45) is 0 Å². The number of alkyl halides is 3. The molecule has 0 aliphatic heterocycles. The smallest absolute Gasteiger partial charge is 0.390 e. The average Bonchev–Trinajstić information content (AvgIpc) is 2.99. The fraction of sp³-hybridized carbons (Fsp3) is 0.353. The first-order valence-electron chi connectivity index (χ1n) is 8.04. The molecule has 0 fully saturated rings. The number of aryl methyl sites for hydroxylation is 1. The third kappa shape index (κ3) is 3.10. The van der Waals surface area contributed by atoms with E-state index in [0.29, 0.717) is 23.5 Å². The zero-order valence-corrected chi connectivity index (χ0v) is 14.1. The van der Waals surface area contributed by atoms with Crippen molar-refractivity contribution in [3.05, 3.63) is 57.3 Å². The van der Waals surface area contributed by atoms with Crippen LogP contribution in [0.3, 0.4) is 0 Å². The number of fused-ring (bicyclic) bond motifs is 1. The minimum Gasteiger partial charge on any atom is -0.390 e. The van der Waals surface area contributed by atoms with E-state index in [1.54, 1.807) is 6.92 Å². The third-order valence-electron chi connectivity index (χ3n) is 4.26. The molecular formula is C17H17F3N4O2. The van der Waals surface area contributed by atoms with Crippen LogP contribution in [0.1, 0.15) is 42.5 Å². The van der Waals surface area contributed by atoms with Gasteiger partial charge in [-0.15, -0.1) is 0 Å². The highest BCUT2D eigenvalue weighted by Crippen LogP contribution is 2.31. The lowest BCUT2D eigenvalue weighted by Gasteiger charge is -2.15. The summed E-state index contributed by atoms with van der Waals surface area (Å²) in [5.74, 6) is 0.466. The van der Waals surface area contributed by atoms with Gasteiger partial charge in [0.25, 0.3) is 5.56 Å². The number of nitrogens with one attached hydrogen (secondary N) is 1. The second-order valence-electron chi connectivity index (χ2n) is 5.91. The predicted octanol–water partition coefficient (Wildman–Crippen LogP) is 2.80. The van der Waals surface area contributed by atoms with Crippen molar-refractivity contribution in [2.45, 2.75) is 39.1 Å². The summed E-state index contributed by atoms with van der Waals surface area (Å²) in [4.78, 5) is 19.3. The number of nitrogens with zero attached hydrogens (tertiary/aromatic N) is 3. The van der Waals surface area contributed by atoms with Gasteiger partial charge in [0.1, 0.15) is 16.9 Å².